The number of rotatable bonds is 9. The highest BCUT2D eigenvalue weighted by atomic mass is 32.2. The fourth-order valence-corrected chi connectivity index (χ4v) is 3.33. The number of amides is 1. The van der Waals surface area contributed by atoms with E-state index in [4.69, 9.17) is 0 Å². The molecule has 0 aliphatic rings. The highest BCUT2D eigenvalue weighted by molar-refractivity contribution is 7.98. The molecule has 0 aliphatic carbocycles. The second kappa shape index (κ2) is 10.1. The third-order valence-corrected chi connectivity index (χ3v) is 4.86. The summed E-state index contributed by atoms with van der Waals surface area (Å²) in [6, 6.07) is 13.7. The van der Waals surface area contributed by atoms with Gasteiger partial charge in [-0.25, -0.2) is 4.98 Å². The lowest BCUT2D eigenvalue weighted by Crippen LogP contribution is -2.28. The van der Waals surface area contributed by atoms with Crippen LogP contribution < -0.4 is 10.1 Å². The van der Waals surface area contributed by atoms with Crippen molar-refractivity contribution in [3.63, 3.8) is 0 Å². The van der Waals surface area contributed by atoms with Crippen molar-refractivity contribution in [2.24, 2.45) is 0 Å². The molecule has 0 spiro atoms. The van der Waals surface area contributed by atoms with Gasteiger partial charge >= 0.3 is 6.61 Å². The molecule has 0 aliphatic heterocycles. The molecule has 3 rings (SSSR count). The topological polar surface area (TPSA) is 67.0 Å². The first kappa shape index (κ1) is 20.9. The first-order valence-corrected chi connectivity index (χ1v) is 10.4. The Hall–Kier alpha value is -2.87. The zero-order valence-electron chi connectivity index (χ0n) is 15.8. The molecule has 0 radical (unpaired) electrons. The van der Waals surface area contributed by atoms with Crippen molar-refractivity contribution < 1.29 is 18.3 Å². The fourth-order valence-electron chi connectivity index (χ4n) is 2.86. The lowest BCUT2D eigenvalue weighted by atomic mass is 10.1. The zero-order valence-corrected chi connectivity index (χ0v) is 16.6. The number of para-hydroxylation sites is 3. The van der Waals surface area contributed by atoms with Gasteiger partial charge in [0.2, 0.25) is 5.91 Å². The summed E-state index contributed by atoms with van der Waals surface area (Å²) in [6.07, 6.45) is 5.46. The molecule has 5 nitrogen and oxygen atoms in total. The summed E-state index contributed by atoms with van der Waals surface area (Å²) in [6.45, 7) is -2.93. The van der Waals surface area contributed by atoms with Crippen LogP contribution >= 0.6 is 11.8 Å². The number of halogens is 2. The Morgan fingerprint density at radius 3 is 2.76 bits per heavy atom. The number of hydrogen-bond acceptors (Lipinski definition) is 4. The van der Waals surface area contributed by atoms with E-state index in [0.717, 1.165) is 16.8 Å². The molecule has 152 valence electrons. The predicted octanol–water partition coefficient (Wildman–Crippen LogP) is 4.79. The quantitative estimate of drug-likeness (QED) is 0.492. The third-order valence-electron chi connectivity index (χ3n) is 4.21. The first-order chi connectivity index (χ1) is 14.1. The maximum Gasteiger partial charge on any atom is 0.387 e. The van der Waals surface area contributed by atoms with Crippen LogP contribution in [0.2, 0.25) is 0 Å². The highest BCUT2D eigenvalue weighted by Gasteiger charge is 2.17. The van der Waals surface area contributed by atoms with Crippen LogP contribution in [0.1, 0.15) is 23.9 Å². The maximum atomic E-state index is 12.5. The number of ether oxygens (including phenoxy) is 1. The number of aromatic amines is 1. The van der Waals surface area contributed by atoms with E-state index in [1.54, 1.807) is 30.0 Å². The molecule has 0 unspecified atom stereocenters. The lowest BCUT2D eigenvalue weighted by molar-refractivity contribution is -0.117. The van der Waals surface area contributed by atoms with Crippen LogP contribution in [0.4, 0.5) is 8.78 Å². The molecule has 0 saturated carbocycles. The van der Waals surface area contributed by atoms with E-state index in [-0.39, 0.29) is 17.7 Å². The summed E-state index contributed by atoms with van der Waals surface area (Å²) < 4.78 is 29.5. The number of carbonyl (C=O) groups excluding carboxylic acids is 1. The van der Waals surface area contributed by atoms with Crippen LogP contribution in [0.15, 0.2) is 54.6 Å². The van der Waals surface area contributed by atoms with Crippen molar-refractivity contribution in [2.75, 3.05) is 12.0 Å². The molecule has 1 atom stereocenters. The van der Waals surface area contributed by atoms with Crippen molar-refractivity contribution in [1.29, 1.82) is 0 Å². The van der Waals surface area contributed by atoms with E-state index in [1.807, 2.05) is 30.5 Å². The van der Waals surface area contributed by atoms with Crippen LogP contribution in [0, 0.1) is 0 Å². The third kappa shape index (κ3) is 5.80. The standard InChI is InChI=1S/C21H21F2N3O2S/c1-29-13-12-17(20-25-15-7-3-4-8-16(15)26-20)24-19(27)11-10-14-6-2-5-9-18(14)28-21(22)23/h2-11,17,21H,12-13H2,1H3,(H,24,27)(H,25,26)/b11-10+/t17-/m0/s1. The van der Waals surface area contributed by atoms with Crippen molar-refractivity contribution >= 4 is 34.8 Å². The Kier molecular flexibility index (Phi) is 7.24. The molecular weight excluding hydrogens is 396 g/mol. The van der Waals surface area contributed by atoms with Crippen LogP contribution in [-0.4, -0.2) is 34.5 Å². The number of nitrogens with zero attached hydrogens (tertiary/aromatic N) is 1. The van der Waals surface area contributed by atoms with Gasteiger partial charge in [-0.2, -0.15) is 20.5 Å². The number of nitrogens with one attached hydrogen (secondary N) is 2. The minimum absolute atomic E-state index is 0.0165. The van der Waals surface area contributed by atoms with Crippen LogP contribution in [0.3, 0.4) is 0 Å². The molecular formula is C21H21F2N3O2S. The van der Waals surface area contributed by atoms with Gasteiger partial charge in [0.05, 0.1) is 17.1 Å². The van der Waals surface area contributed by atoms with E-state index in [1.165, 1.54) is 18.2 Å². The summed E-state index contributed by atoms with van der Waals surface area (Å²) in [5.74, 6) is 1.20. The molecule has 1 amide bonds. The fraction of sp³-hybridized carbons (Fsp3) is 0.238. The summed E-state index contributed by atoms with van der Waals surface area (Å²) in [5, 5.41) is 2.94. The van der Waals surface area contributed by atoms with Crippen molar-refractivity contribution in [3.8, 4) is 5.75 Å². The Morgan fingerprint density at radius 1 is 1.24 bits per heavy atom. The average molecular weight is 417 g/mol. The van der Waals surface area contributed by atoms with Crippen LogP contribution in [0.25, 0.3) is 17.1 Å². The summed E-state index contributed by atoms with van der Waals surface area (Å²) in [5.41, 5.74) is 2.13. The van der Waals surface area contributed by atoms with E-state index < -0.39 is 6.61 Å². The van der Waals surface area contributed by atoms with E-state index in [9.17, 15) is 13.6 Å². The van der Waals surface area contributed by atoms with E-state index in [0.29, 0.717) is 17.8 Å². The van der Waals surface area contributed by atoms with E-state index in [2.05, 4.69) is 20.0 Å². The Balaban J connectivity index is 1.74. The Labute approximate surface area is 171 Å². The number of imidazole rings is 1. The van der Waals surface area contributed by atoms with Gasteiger partial charge in [0, 0.05) is 11.6 Å². The number of carbonyl (C=O) groups is 1. The second-order valence-corrected chi connectivity index (χ2v) is 7.22. The SMILES string of the molecule is CSCC[C@H](NC(=O)/C=C/c1ccccc1OC(F)F)c1nc2ccccc2[nH]1. The summed E-state index contributed by atoms with van der Waals surface area (Å²) in [7, 11) is 0. The molecule has 2 aromatic carbocycles. The molecule has 8 heteroatoms. The number of benzene rings is 2. The predicted molar refractivity (Wildman–Crippen MR) is 112 cm³/mol. The van der Waals surface area contributed by atoms with Gasteiger partial charge in [0.1, 0.15) is 11.6 Å². The molecule has 0 bridgehead atoms. The Morgan fingerprint density at radius 2 is 2.00 bits per heavy atom. The highest BCUT2D eigenvalue weighted by Crippen LogP contribution is 2.22. The normalized spacial score (nSPS) is 12.6. The van der Waals surface area contributed by atoms with Gasteiger partial charge in [0.15, 0.2) is 0 Å². The van der Waals surface area contributed by atoms with Gasteiger partial charge < -0.3 is 15.0 Å². The summed E-state index contributed by atoms with van der Waals surface area (Å²) in [4.78, 5) is 20.3. The molecule has 0 fully saturated rings. The number of H-pyrrole nitrogens is 1. The zero-order chi connectivity index (χ0) is 20.6. The molecule has 2 N–H and O–H groups in total. The first-order valence-electron chi connectivity index (χ1n) is 9.03. The number of hydrogen-bond donors (Lipinski definition) is 2. The maximum absolute atomic E-state index is 12.5. The van der Waals surface area contributed by atoms with Gasteiger partial charge in [-0.3, -0.25) is 4.79 Å². The van der Waals surface area contributed by atoms with E-state index >= 15 is 0 Å². The van der Waals surface area contributed by atoms with Crippen LogP contribution in [0.5, 0.6) is 5.75 Å². The smallest absolute Gasteiger partial charge is 0.387 e. The minimum atomic E-state index is -2.93. The molecule has 3 aromatic rings. The Bertz CT molecular complexity index is 958. The number of alkyl halides is 2. The monoisotopic (exact) mass is 417 g/mol. The molecule has 0 saturated heterocycles. The van der Waals surface area contributed by atoms with Gasteiger partial charge in [0.25, 0.3) is 0 Å². The number of fused-ring (bicyclic) bond motifs is 1. The van der Waals surface area contributed by atoms with Gasteiger partial charge in [-0.15, -0.1) is 0 Å². The number of thioether (sulfide) groups is 1. The molecule has 1 aromatic heterocycles. The van der Waals surface area contributed by atoms with Crippen molar-refractivity contribution in [1.82, 2.24) is 15.3 Å². The average Bonchev–Trinajstić information content (AvgIpc) is 3.14. The van der Waals surface area contributed by atoms with Gasteiger partial charge in [-0.1, -0.05) is 30.3 Å². The molecule has 1 heterocycles. The molecule has 29 heavy (non-hydrogen) atoms. The lowest BCUT2D eigenvalue weighted by Gasteiger charge is -2.15. The number of aromatic nitrogens is 2. The van der Waals surface area contributed by atoms with Gasteiger partial charge in [-0.05, 0) is 42.7 Å². The largest absolute Gasteiger partial charge is 0.434 e. The van der Waals surface area contributed by atoms with Crippen molar-refractivity contribution in [3.05, 3.63) is 66.0 Å². The van der Waals surface area contributed by atoms with Crippen molar-refractivity contribution in [2.45, 2.75) is 19.1 Å². The van der Waals surface area contributed by atoms with Crippen LogP contribution in [-0.2, 0) is 4.79 Å². The summed E-state index contributed by atoms with van der Waals surface area (Å²) >= 11 is 1.68. The minimum Gasteiger partial charge on any atom is -0.434 e. The second-order valence-electron chi connectivity index (χ2n) is 6.23.